The summed E-state index contributed by atoms with van der Waals surface area (Å²) in [6.07, 6.45) is -3.66. The Morgan fingerprint density at radius 2 is 1.72 bits per heavy atom. The smallest absolute Gasteiger partial charge is 0.312 e. The van der Waals surface area contributed by atoms with Gasteiger partial charge in [0.05, 0.1) is 29.7 Å². The van der Waals surface area contributed by atoms with Gasteiger partial charge in [-0.1, -0.05) is 26.0 Å². The van der Waals surface area contributed by atoms with Crippen LogP contribution >= 0.6 is 0 Å². The van der Waals surface area contributed by atoms with Gasteiger partial charge in [-0.15, -0.1) is 0 Å². The van der Waals surface area contributed by atoms with E-state index in [9.17, 15) is 42.6 Å². The number of carbonyl (C=O) groups excluding carboxylic acids is 4. The number of carbonyl (C=O) groups is 4. The number of hydrogen-bond acceptors (Lipinski definition) is 8. The first-order valence-corrected chi connectivity index (χ1v) is 13.7. The van der Waals surface area contributed by atoms with Crippen LogP contribution in [0.5, 0.6) is 5.75 Å². The monoisotopic (exact) mass is 608 g/mol. The molecule has 2 aromatic rings. The average molecular weight is 609 g/mol. The Morgan fingerprint density at radius 3 is 2.35 bits per heavy atom. The van der Waals surface area contributed by atoms with Gasteiger partial charge >= 0.3 is 5.97 Å². The highest BCUT2D eigenvalue weighted by molar-refractivity contribution is 6.00. The van der Waals surface area contributed by atoms with Gasteiger partial charge in [0.1, 0.15) is 11.8 Å². The number of aryl methyl sites for hydroxylation is 1. The molecule has 1 saturated heterocycles. The molecular formula is C29H35F3N4O7. The summed E-state index contributed by atoms with van der Waals surface area (Å²) in [5.41, 5.74) is -0.909. The Hall–Kier alpha value is -4.20. The highest BCUT2D eigenvalue weighted by Gasteiger charge is 2.40. The van der Waals surface area contributed by atoms with Crippen LogP contribution in [0.25, 0.3) is 0 Å². The van der Waals surface area contributed by atoms with Crippen molar-refractivity contribution in [2.75, 3.05) is 0 Å². The summed E-state index contributed by atoms with van der Waals surface area (Å²) in [6, 6.07) is 1.33. The Bertz CT molecular complexity index is 1390. The van der Waals surface area contributed by atoms with Crippen LogP contribution < -0.4 is 16.0 Å². The SMILES string of the molecule is Cc1nc(F)c(F)c(F)c1CC1NC(=O)C(NC(=O)c2ccccc2O)C(C)NC(=O)C(CC(C)C)OC(=O)C(C)C1O. The van der Waals surface area contributed by atoms with Gasteiger partial charge in [-0.05, 0) is 51.7 Å². The molecule has 3 rings (SSSR count). The summed E-state index contributed by atoms with van der Waals surface area (Å²) in [6.45, 7) is 7.42. The van der Waals surface area contributed by atoms with Crippen LogP contribution in [0.3, 0.4) is 0 Å². The number of pyridine rings is 1. The molecule has 0 spiro atoms. The quantitative estimate of drug-likeness (QED) is 0.245. The van der Waals surface area contributed by atoms with Crippen molar-refractivity contribution in [1.29, 1.82) is 0 Å². The Labute approximate surface area is 246 Å². The zero-order valence-corrected chi connectivity index (χ0v) is 24.3. The maximum Gasteiger partial charge on any atom is 0.312 e. The number of halogens is 3. The average Bonchev–Trinajstić information content (AvgIpc) is 2.94. The Morgan fingerprint density at radius 1 is 1.07 bits per heavy atom. The summed E-state index contributed by atoms with van der Waals surface area (Å²) in [5.74, 6) is -10.6. The molecule has 6 unspecified atom stereocenters. The number of hydrogen-bond donors (Lipinski definition) is 5. The lowest BCUT2D eigenvalue weighted by Crippen LogP contribution is -2.62. The van der Waals surface area contributed by atoms with E-state index >= 15 is 0 Å². The first kappa shape index (κ1) is 33.3. The normalized spacial score (nSPS) is 25.2. The number of esters is 1. The number of nitrogens with one attached hydrogen (secondary N) is 3. The predicted octanol–water partition coefficient (Wildman–Crippen LogP) is 1.81. The molecule has 0 radical (unpaired) electrons. The maximum absolute atomic E-state index is 14.8. The summed E-state index contributed by atoms with van der Waals surface area (Å²) in [7, 11) is 0. The van der Waals surface area contributed by atoms with Gasteiger partial charge < -0.3 is 30.9 Å². The van der Waals surface area contributed by atoms with Crippen molar-refractivity contribution in [2.24, 2.45) is 11.8 Å². The van der Waals surface area contributed by atoms with Gasteiger partial charge in [0.2, 0.25) is 11.7 Å². The number of ether oxygens (including phenoxy) is 1. The molecule has 1 aliphatic heterocycles. The summed E-state index contributed by atoms with van der Waals surface area (Å²) in [5, 5.41) is 28.8. The molecule has 14 heteroatoms. The lowest BCUT2D eigenvalue weighted by molar-refractivity contribution is -0.164. The number of nitrogens with zero attached hydrogens (tertiary/aromatic N) is 1. The van der Waals surface area contributed by atoms with Crippen molar-refractivity contribution < 1.29 is 47.3 Å². The molecule has 5 N–H and O–H groups in total. The van der Waals surface area contributed by atoms with E-state index in [4.69, 9.17) is 4.74 Å². The first-order valence-electron chi connectivity index (χ1n) is 13.7. The minimum absolute atomic E-state index is 0.0859. The van der Waals surface area contributed by atoms with E-state index in [-0.39, 0.29) is 29.3 Å². The van der Waals surface area contributed by atoms with E-state index in [1.54, 1.807) is 13.8 Å². The van der Waals surface area contributed by atoms with Gasteiger partial charge in [0.25, 0.3) is 17.8 Å². The molecule has 1 aromatic heterocycles. The number of cyclic esters (lactones) is 1. The molecule has 1 fully saturated rings. The lowest BCUT2D eigenvalue weighted by Gasteiger charge is -2.34. The number of phenols is 1. The highest BCUT2D eigenvalue weighted by Crippen LogP contribution is 2.23. The second kappa shape index (κ2) is 13.8. The topological polar surface area (TPSA) is 167 Å². The summed E-state index contributed by atoms with van der Waals surface area (Å²) in [4.78, 5) is 56.3. The van der Waals surface area contributed by atoms with Crippen LogP contribution in [0.15, 0.2) is 24.3 Å². The number of para-hydroxylation sites is 1. The van der Waals surface area contributed by atoms with Crippen LogP contribution in [0, 0.1) is 36.3 Å². The molecule has 3 amide bonds. The first-order chi connectivity index (χ1) is 20.1. The molecule has 234 valence electrons. The fraction of sp³-hybridized carbons (Fsp3) is 0.483. The fourth-order valence-electron chi connectivity index (χ4n) is 4.71. The number of benzene rings is 1. The number of phenolic OH excluding ortho intramolecular Hbond substituents is 1. The standard InChI is InChI=1S/C29H35F3N4O7/c1-12(2)10-20-27(40)34-15(5)23(36-26(39)16-8-6-7-9-19(16)37)28(41)35-18(24(38)13(3)29(42)43-20)11-17-14(4)33-25(32)22(31)21(17)30/h6-9,12-13,15,18,20,23-24,37-38H,10-11H2,1-5H3,(H,34,40)(H,35,41)(H,36,39). The maximum atomic E-state index is 14.8. The molecule has 0 saturated carbocycles. The molecule has 2 heterocycles. The number of rotatable bonds is 6. The van der Waals surface area contributed by atoms with Gasteiger partial charge in [0.15, 0.2) is 11.9 Å². The second-order valence-corrected chi connectivity index (χ2v) is 11.0. The third-order valence-electron chi connectivity index (χ3n) is 7.21. The van der Waals surface area contributed by atoms with Gasteiger partial charge in [-0.2, -0.15) is 8.78 Å². The van der Waals surface area contributed by atoms with Gasteiger partial charge in [0, 0.05) is 11.3 Å². The molecule has 0 aliphatic carbocycles. The molecular weight excluding hydrogens is 573 g/mol. The van der Waals surface area contributed by atoms with Crippen LogP contribution in [-0.2, 0) is 25.5 Å². The summed E-state index contributed by atoms with van der Waals surface area (Å²) >= 11 is 0. The van der Waals surface area contributed by atoms with Gasteiger partial charge in [-0.25, -0.2) is 9.37 Å². The summed E-state index contributed by atoms with van der Waals surface area (Å²) < 4.78 is 48.0. The zero-order valence-electron chi connectivity index (χ0n) is 24.3. The largest absolute Gasteiger partial charge is 0.507 e. The van der Waals surface area contributed by atoms with Crippen molar-refractivity contribution in [3.05, 3.63) is 58.7 Å². The molecule has 0 bridgehead atoms. The molecule has 6 atom stereocenters. The number of amides is 3. The van der Waals surface area contributed by atoms with Crippen LogP contribution in [0.1, 0.15) is 55.7 Å². The molecule has 11 nitrogen and oxygen atoms in total. The minimum Gasteiger partial charge on any atom is -0.507 e. The molecule has 1 aliphatic rings. The van der Waals surface area contributed by atoms with Crippen molar-refractivity contribution in [2.45, 2.75) is 77.8 Å². The third-order valence-corrected chi connectivity index (χ3v) is 7.21. The van der Waals surface area contributed by atoms with Crippen molar-refractivity contribution in [1.82, 2.24) is 20.9 Å². The fourth-order valence-corrected chi connectivity index (χ4v) is 4.71. The van der Waals surface area contributed by atoms with E-state index in [2.05, 4.69) is 20.9 Å². The van der Waals surface area contributed by atoms with Crippen molar-refractivity contribution >= 4 is 23.7 Å². The van der Waals surface area contributed by atoms with Crippen LogP contribution in [0.4, 0.5) is 13.2 Å². The number of aliphatic hydroxyl groups is 1. The number of aromatic hydroxyl groups is 1. The van der Waals surface area contributed by atoms with E-state index in [0.29, 0.717) is 0 Å². The number of aromatic nitrogens is 1. The third kappa shape index (κ3) is 7.80. The zero-order chi connectivity index (χ0) is 32.2. The van der Waals surface area contributed by atoms with E-state index in [0.717, 1.165) is 0 Å². The molecule has 1 aromatic carbocycles. The van der Waals surface area contributed by atoms with E-state index in [1.165, 1.54) is 45.0 Å². The van der Waals surface area contributed by atoms with Crippen molar-refractivity contribution in [3.8, 4) is 5.75 Å². The molecule has 43 heavy (non-hydrogen) atoms. The van der Waals surface area contributed by atoms with E-state index in [1.807, 2.05) is 0 Å². The van der Waals surface area contributed by atoms with E-state index < -0.39 is 89.5 Å². The minimum atomic E-state index is -1.86. The number of aliphatic hydroxyl groups excluding tert-OH is 1. The van der Waals surface area contributed by atoms with Crippen LogP contribution in [0.2, 0.25) is 0 Å². The lowest BCUT2D eigenvalue weighted by atomic mass is 9.91. The van der Waals surface area contributed by atoms with Gasteiger partial charge in [-0.3, -0.25) is 19.2 Å². The second-order valence-electron chi connectivity index (χ2n) is 11.0. The predicted molar refractivity (Wildman–Crippen MR) is 146 cm³/mol. The highest BCUT2D eigenvalue weighted by atomic mass is 19.2. The van der Waals surface area contributed by atoms with Crippen molar-refractivity contribution in [3.63, 3.8) is 0 Å². The van der Waals surface area contributed by atoms with Crippen LogP contribution in [-0.4, -0.2) is 69.2 Å². The Kier molecular flexibility index (Phi) is 10.7. The Balaban J connectivity index is 2.07.